The average Bonchev–Trinajstić information content (AvgIpc) is 3.12. The quantitative estimate of drug-likeness (QED) is 0.259. The average molecular weight is 540 g/mol. The topological polar surface area (TPSA) is 135 Å². The Morgan fingerprint density at radius 1 is 1.21 bits per heavy atom. The van der Waals surface area contributed by atoms with Crippen LogP contribution in [-0.4, -0.2) is 94.9 Å². The molecule has 3 rings (SSSR count). The molecular weight excluding hydrogens is 499 g/mol. The van der Waals surface area contributed by atoms with Gasteiger partial charge in [0.15, 0.2) is 0 Å². The number of carbonyl (C=O) groups excluding carboxylic acids is 2. The summed E-state index contributed by atoms with van der Waals surface area (Å²) in [5.41, 5.74) is 0.359. The molecule has 1 aromatic carbocycles. The second-order valence-electron chi connectivity index (χ2n) is 11.1. The molecule has 0 bridgehead atoms. The summed E-state index contributed by atoms with van der Waals surface area (Å²) >= 11 is 0. The Morgan fingerprint density at radius 2 is 1.87 bits per heavy atom. The highest BCUT2D eigenvalue weighted by Crippen LogP contribution is 2.25. The summed E-state index contributed by atoms with van der Waals surface area (Å²) in [4.78, 5) is 29.9. The van der Waals surface area contributed by atoms with Crippen molar-refractivity contribution in [1.82, 2.24) is 15.1 Å². The zero-order valence-corrected chi connectivity index (χ0v) is 23.4. The van der Waals surface area contributed by atoms with Crippen molar-refractivity contribution >= 4 is 19.1 Å². The molecule has 212 valence electrons. The van der Waals surface area contributed by atoms with E-state index in [-0.39, 0.29) is 36.7 Å². The Bertz CT molecular complexity index is 1030. The number of nitrogens with zero attached hydrogens (tertiary/aromatic N) is 3. The third-order valence-electron chi connectivity index (χ3n) is 7.23. The molecule has 10 nitrogen and oxygen atoms in total. The van der Waals surface area contributed by atoms with Gasteiger partial charge < -0.3 is 29.7 Å². The molecule has 2 amide bonds. The van der Waals surface area contributed by atoms with Crippen LogP contribution in [-0.2, 0) is 20.7 Å². The standard InChI is InChI=1S/C28H41BN4O6/c1-20-17-33(18-21(2)38-20)28(3,4)15-23(16-30)26(34)32-13-9-8-12-24(19-32)39-27(35)31-25(29(36)37)14-22-10-6-5-7-11-22/h5-7,10-11,15,20-21,24-25,36-37H,8-9,12-14,17-19H2,1-4H3,(H,31,35)/t20-,21+,24?,25-/m0/s1. The molecule has 0 aromatic heterocycles. The number of alkyl carbamates (subject to hydrolysis) is 1. The zero-order valence-electron chi connectivity index (χ0n) is 23.4. The van der Waals surface area contributed by atoms with E-state index in [1.165, 1.54) is 0 Å². The summed E-state index contributed by atoms with van der Waals surface area (Å²) in [6.45, 7) is 10.0. The third kappa shape index (κ3) is 9.07. The lowest BCUT2D eigenvalue weighted by molar-refractivity contribution is -0.128. The summed E-state index contributed by atoms with van der Waals surface area (Å²) in [6.07, 6.45) is 2.71. The molecule has 2 saturated heterocycles. The largest absolute Gasteiger partial charge is 0.475 e. The van der Waals surface area contributed by atoms with Gasteiger partial charge >= 0.3 is 13.2 Å². The Balaban J connectivity index is 1.64. The number of rotatable bonds is 8. The van der Waals surface area contributed by atoms with Gasteiger partial charge in [-0.25, -0.2) is 4.79 Å². The van der Waals surface area contributed by atoms with Gasteiger partial charge in [-0.3, -0.25) is 9.69 Å². The number of morpholine rings is 1. The molecule has 39 heavy (non-hydrogen) atoms. The van der Waals surface area contributed by atoms with E-state index in [9.17, 15) is 24.9 Å². The first-order chi connectivity index (χ1) is 18.5. The molecule has 2 fully saturated rings. The normalized spacial score (nSPS) is 23.8. The first-order valence-electron chi connectivity index (χ1n) is 13.7. The minimum atomic E-state index is -1.77. The van der Waals surface area contributed by atoms with Gasteiger partial charge in [0, 0.05) is 25.2 Å². The van der Waals surface area contributed by atoms with Crippen LogP contribution in [0.1, 0.15) is 52.5 Å². The molecule has 0 radical (unpaired) electrons. The van der Waals surface area contributed by atoms with Crippen LogP contribution in [0.2, 0.25) is 0 Å². The van der Waals surface area contributed by atoms with E-state index in [1.54, 1.807) is 11.0 Å². The number of hydrogen-bond donors (Lipinski definition) is 3. The predicted octanol–water partition coefficient (Wildman–Crippen LogP) is 2.05. The smallest absolute Gasteiger partial charge is 0.444 e. The van der Waals surface area contributed by atoms with Gasteiger partial charge in [0.05, 0.1) is 24.7 Å². The molecule has 11 heteroatoms. The lowest BCUT2D eigenvalue weighted by atomic mass is 9.76. The van der Waals surface area contributed by atoms with Crippen LogP contribution in [0, 0.1) is 11.3 Å². The number of hydrogen-bond acceptors (Lipinski definition) is 8. The van der Waals surface area contributed by atoms with Gasteiger partial charge in [-0.15, -0.1) is 0 Å². The van der Waals surface area contributed by atoms with E-state index >= 15 is 0 Å². The Labute approximate surface area is 231 Å². The number of ether oxygens (including phenoxy) is 2. The van der Waals surface area contributed by atoms with Crippen LogP contribution in [0.5, 0.6) is 0 Å². The number of nitriles is 1. The van der Waals surface area contributed by atoms with Crippen molar-refractivity contribution in [1.29, 1.82) is 5.26 Å². The minimum absolute atomic E-state index is 0.0524. The van der Waals surface area contributed by atoms with E-state index in [0.29, 0.717) is 26.1 Å². The summed E-state index contributed by atoms with van der Waals surface area (Å²) in [5.74, 6) is -1.34. The molecular formula is C28H41BN4O6. The van der Waals surface area contributed by atoms with Crippen molar-refractivity contribution in [2.24, 2.45) is 0 Å². The number of likely N-dealkylation sites (tertiary alicyclic amines) is 1. The number of amides is 2. The number of nitrogens with one attached hydrogen (secondary N) is 1. The highest BCUT2D eigenvalue weighted by molar-refractivity contribution is 6.43. The van der Waals surface area contributed by atoms with Crippen LogP contribution < -0.4 is 5.32 Å². The second kappa shape index (κ2) is 13.9. The highest BCUT2D eigenvalue weighted by atomic mass is 16.6. The molecule has 2 heterocycles. The maximum absolute atomic E-state index is 13.4. The van der Waals surface area contributed by atoms with Crippen molar-refractivity contribution in [3.8, 4) is 6.07 Å². The summed E-state index contributed by atoms with van der Waals surface area (Å²) in [7, 11) is -1.77. The second-order valence-corrected chi connectivity index (χ2v) is 11.1. The van der Waals surface area contributed by atoms with Crippen LogP contribution in [0.4, 0.5) is 4.79 Å². The first-order valence-corrected chi connectivity index (χ1v) is 13.7. The molecule has 2 aliphatic rings. The Hall–Kier alpha value is -2.91. The van der Waals surface area contributed by atoms with Crippen molar-refractivity contribution in [2.75, 3.05) is 26.2 Å². The van der Waals surface area contributed by atoms with Crippen LogP contribution in [0.25, 0.3) is 0 Å². The Morgan fingerprint density at radius 3 is 2.49 bits per heavy atom. The molecule has 2 aliphatic heterocycles. The molecule has 1 unspecified atom stereocenters. The molecule has 4 atom stereocenters. The van der Waals surface area contributed by atoms with E-state index in [0.717, 1.165) is 18.4 Å². The van der Waals surface area contributed by atoms with Gasteiger partial charge in [-0.1, -0.05) is 30.3 Å². The summed E-state index contributed by atoms with van der Waals surface area (Å²) in [5, 5.41) is 32.0. The lowest BCUT2D eigenvalue weighted by Crippen LogP contribution is -2.54. The molecule has 0 saturated carbocycles. The van der Waals surface area contributed by atoms with E-state index in [2.05, 4.69) is 16.3 Å². The lowest BCUT2D eigenvalue weighted by Gasteiger charge is -2.43. The molecule has 1 aromatic rings. The fourth-order valence-corrected chi connectivity index (χ4v) is 5.22. The molecule has 0 aliphatic carbocycles. The maximum atomic E-state index is 13.4. The highest BCUT2D eigenvalue weighted by Gasteiger charge is 2.34. The van der Waals surface area contributed by atoms with Gasteiger partial charge in [0.1, 0.15) is 17.7 Å². The van der Waals surface area contributed by atoms with E-state index < -0.39 is 30.8 Å². The monoisotopic (exact) mass is 540 g/mol. The van der Waals surface area contributed by atoms with E-state index in [4.69, 9.17) is 9.47 Å². The van der Waals surface area contributed by atoms with Crippen LogP contribution in [0.3, 0.4) is 0 Å². The zero-order chi connectivity index (χ0) is 28.6. The Kier molecular flexibility index (Phi) is 11.0. The summed E-state index contributed by atoms with van der Waals surface area (Å²) in [6, 6.07) is 11.3. The van der Waals surface area contributed by atoms with E-state index in [1.807, 2.05) is 58.0 Å². The van der Waals surface area contributed by atoms with Crippen LogP contribution in [0.15, 0.2) is 42.0 Å². The van der Waals surface area contributed by atoms with Gasteiger partial charge in [0.2, 0.25) is 0 Å². The van der Waals surface area contributed by atoms with Crippen molar-refractivity contribution < 1.29 is 29.1 Å². The van der Waals surface area contributed by atoms with Gasteiger partial charge in [-0.2, -0.15) is 5.26 Å². The third-order valence-corrected chi connectivity index (χ3v) is 7.23. The minimum Gasteiger partial charge on any atom is -0.444 e. The van der Waals surface area contributed by atoms with Gasteiger partial charge in [-0.05, 0) is 65.0 Å². The number of benzene rings is 1. The fraction of sp³-hybridized carbons (Fsp3) is 0.607. The molecule has 0 spiro atoms. The van der Waals surface area contributed by atoms with Gasteiger partial charge in [0.25, 0.3) is 5.91 Å². The van der Waals surface area contributed by atoms with Crippen molar-refractivity contribution in [3.63, 3.8) is 0 Å². The number of carbonyl (C=O) groups is 2. The summed E-state index contributed by atoms with van der Waals surface area (Å²) < 4.78 is 11.4. The first kappa shape index (κ1) is 30.6. The SMILES string of the molecule is C[C@@H]1CN(C(C)(C)C=C(C#N)C(=O)N2CCCCC(OC(=O)N[C@@H](Cc3ccccc3)B(O)O)C2)C[C@H](C)O1. The van der Waals surface area contributed by atoms with Crippen molar-refractivity contribution in [2.45, 2.75) is 83.2 Å². The molecule has 3 N–H and O–H groups in total. The predicted molar refractivity (Wildman–Crippen MR) is 147 cm³/mol. The van der Waals surface area contributed by atoms with Crippen molar-refractivity contribution in [3.05, 3.63) is 47.5 Å². The van der Waals surface area contributed by atoms with Crippen LogP contribution >= 0.6 is 0 Å². The maximum Gasteiger partial charge on any atom is 0.475 e. The fourth-order valence-electron chi connectivity index (χ4n) is 5.22.